The highest BCUT2D eigenvalue weighted by Crippen LogP contribution is 2.29. The predicted octanol–water partition coefficient (Wildman–Crippen LogP) is 2.44. The Balaban J connectivity index is 2.08. The Kier molecular flexibility index (Phi) is 4.53. The molecule has 1 saturated carbocycles. The summed E-state index contributed by atoms with van der Waals surface area (Å²) in [6.07, 6.45) is 3.56. The number of carbonyl (C=O) groups is 1. The zero-order valence-electron chi connectivity index (χ0n) is 11.3. The number of amides is 1. The Morgan fingerprint density at radius 2 is 2.16 bits per heavy atom. The smallest absolute Gasteiger partial charge is 0.240 e. The van der Waals surface area contributed by atoms with Gasteiger partial charge in [-0.3, -0.25) is 4.79 Å². The second kappa shape index (κ2) is 6.15. The van der Waals surface area contributed by atoms with E-state index < -0.39 is 6.04 Å². The van der Waals surface area contributed by atoms with E-state index in [4.69, 9.17) is 5.73 Å². The lowest BCUT2D eigenvalue weighted by molar-refractivity contribution is -0.134. The summed E-state index contributed by atoms with van der Waals surface area (Å²) < 4.78 is 13.7. The topological polar surface area (TPSA) is 46.3 Å². The largest absolute Gasteiger partial charge is 0.334 e. The normalized spacial score (nSPS) is 16.2. The molecular weight excluding hydrogens is 243 g/mol. The minimum atomic E-state index is -0.461. The van der Waals surface area contributed by atoms with Crippen molar-refractivity contribution in [3.63, 3.8) is 0 Å². The van der Waals surface area contributed by atoms with Crippen LogP contribution in [0.5, 0.6) is 0 Å². The van der Waals surface area contributed by atoms with Gasteiger partial charge in [-0.25, -0.2) is 4.39 Å². The van der Waals surface area contributed by atoms with Gasteiger partial charge in [0.15, 0.2) is 0 Å². The number of rotatable bonds is 6. The molecule has 104 valence electrons. The van der Waals surface area contributed by atoms with Crippen molar-refractivity contribution in [2.75, 3.05) is 0 Å². The SMILES string of the molecule is CCCC(N)C(=O)N(Cc1ccccc1F)C1CC1. The van der Waals surface area contributed by atoms with Gasteiger partial charge in [-0.2, -0.15) is 0 Å². The maximum atomic E-state index is 13.7. The molecule has 19 heavy (non-hydrogen) atoms. The summed E-state index contributed by atoms with van der Waals surface area (Å²) in [5.41, 5.74) is 6.46. The zero-order chi connectivity index (χ0) is 13.8. The fraction of sp³-hybridized carbons (Fsp3) is 0.533. The molecule has 1 aliphatic carbocycles. The third-order valence-corrected chi connectivity index (χ3v) is 3.49. The Hall–Kier alpha value is -1.42. The van der Waals surface area contributed by atoms with Crippen molar-refractivity contribution in [2.24, 2.45) is 5.73 Å². The number of hydrogen-bond donors (Lipinski definition) is 1. The van der Waals surface area contributed by atoms with Gasteiger partial charge in [0.25, 0.3) is 0 Å². The second-order valence-corrected chi connectivity index (χ2v) is 5.18. The summed E-state index contributed by atoms with van der Waals surface area (Å²) >= 11 is 0. The first-order valence-corrected chi connectivity index (χ1v) is 6.93. The maximum absolute atomic E-state index is 13.7. The first-order valence-electron chi connectivity index (χ1n) is 6.93. The molecule has 0 spiro atoms. The zero-order valence-corrected chi connectivity index (χ0v) is 11.3. The molecule has 2 N–H and O–H groups in total. The second-order valence-electron chi connectivity index (χ2n) is 5.18. The molecule has 1 amide bonds. The summed E-state index contributed by atoms with van der Waals surface area (Å²) in [7, 11) is 0. The molecule has 1 aromatic rings. The van der Waals surface area contributed by atoms with Crippen LogP contribution in [0, 0.1) is 5.82 Å². The molecule has 4 heteroatoms. The molecule has 0 heterocycles. The van der Waals surface area contributed by atoms with E-state index in [1.54, 1.807) is 23.1 Å². The van der Waals surface area contributed by atoms with Crippen LogP contribution in [0.1, 0.15) is 38.2 Å². The number of benzene rings is 1. The lowest BCUT2D eigenvalue weighted by Gasteiger charge is -2.26. The summed E-state index contributed by atoms with van der Waals surface area (Å²) in [6, 6.07) is 6.39. The van der Waals surface area contributed by atoms with Crippen molar-refractivity contribution in [1.29, 1.82) is 0 Å². The van der Waals surface area contributed by atoms with Gasteiger partial charge in [-0.15, -0.1) is 0 Å². The third-order valence-electron chi connectivity index (χ3n) is 3.49. The Bertz CT molecular complexity index is 446. The number of nitrogens with two attached hydrogens (primary N) is 1. The fourth-order valence-electron chi connectivity index (χ4n) is 2.23. The molecule has 0 aromatic heterocycles. The highest BCUT2D eigenvalue weighted by Gasteiger charge is 2.34. The van der Waals surface area contributed by atoms with Crippen molar-refractivity contribution in [3.8, 4) is 0 Å². The van der Waals surface area contributed by atoms with Gasteiger partial charge < -0.3 is 10.6 Å². The van der Waals surface area contributed by atoms with E-state index in [0.717, 1.165) is 19.3 Å². The van der Waals surface area contributed by atoms with Crippen LogP contribution in [0.2, 0.25) is 0 Å². The van der Waals surface area contributed by atoms with Crippen LogP contribution in [-0.2, 0) is 11.3 Å². The van der Waals surface area contributed by atoms with E-state index in [0.29, 0.717) is 18.5 Å². The van der Waals surface area contributed by atoms with E-state index in [1.165, 1.54) is 6.07 Å². The molecule has 1 aromatic carbocycles. The van der Waals surface area contributed by atoms with Gasteiger partial charge in [0.2, 0.25) is 5.91 Å². The first-order chi connectivity index (χ1) is 9.13. The molecule has 0 aliphatic heterocycles. The molecule has 1 aliphatic rings. The van der Waals surface area contributed by atoms with Crippen molar-refractivity contribution < 1.29 is 9.18 Å². The number of halogens is 1. The Labute approximate surface area is 113 Å². The van der Waals surface area contributed by atoms with Gasteiger partial charge in [0, 0.05) is 18.2 Å². The van der Waals surface area contributed by atoms with Gasteiger partial charge >= 0.3 is 0 Å². The van der Waals surface area contributed by atoms with Gasteiger partial charge in [0.1, 0.15) is 5.82 Å². The number of carbonyl (C=O) groups excluding carboxylic acids is 1. The quantitative estimate of drug-likeness (QED) is 0.857. The minimum Gasteiger partial charge on any atom is -0.334 e. The van der Waals surface area contributed by atoms with Crippen molar-refractivity contribution in [1.82, 2.24) is 4.90 Å². The monoisotopic (exact) mass is 264 g/mol. The van der Waals surface area contributed by atoms with Gasteiger partial charge in [0.05, 0.1) is 6.04 Å². The molecule has 0 saturated heterocycles. The van der Waals surface area contributed by atoms with E-state index in [2.05, 4.69) is 0 Å². The van der Waals surface area contributed by atoms with Crippen LogP contribution in [0.15, 0.2) is 24.3 Å². The molecule has 0 bridgehead atoms. The van der Waals surface area contributed by atoms with Crippen molar-refractivity contribution >= 4 is 5.91 Å². The Morgan fingerprint density at radius 3 is 2.74 bits per heavy atom. The Morgan fingerprint density at radius 1 is 1.47 bits per heavy atom. The molecule has 1 fully saturated rings. The van der Waals surface area contributed by atoms with Crippen LogP contribution in [0.3, 0.4) is 0 Å². The maximum Gasteiger partial charge on any atom is 0.240 e. The standard InChI is InChI=1S/C15H21FN2O/c1-2-5-14(17)15(19)18(12-8-9-12)10-11-6-3-4-7-13(11)16/h3-4,6-7,12,14H,2,5,8-10,17H2,1H3. The van der Waals surface area contributed by atoms with Crippen molar-refractivity contribution in [3.05, 3.63) is 35.6 Å². The van der Waals surface area contributed by atoms with E-state index in [1.807, 2.05) is 6.92 Å². The average Bonchev–Trinajstić information content (AvgIpc) is 3.21. The third kappa shape index (κ3) is 3.53. The van der Waals surface area contributed by atoms with Gasteiger partial charge in [-0.1, -0.05) is 31.5 Å². The summed E-state index contributed by atoms with van der Waals surface area (Å²) in [6.45, 7) is 2.33. The molecule has 1 atom stereocenters. The molecule has 2 rings (SSSR count). The highest BCUT2D eigenvalue weighted by molar-refractivity contribution is 5.82. The summed E-state index contributed by atoms with van der Waals surface area (Å²) in [5.74, 6) is -0.308. The first kappa shape index (κ1) is 14.0. The lowest BCUT2D eigenvalue weighted by atomic mass is 10.1. The van der Waals surface area contributed by atoms with Gasteiger partial charge in [-0.05, 0) is 25.3 Å². The molecular formula is C15H21FN2O. The highest BCUT2D eigenvalue weighted by atomic mass is 19.1. The van der Waals surface area contributed by atoms with E-state index in [-0.39, 0.29) is 17.8 Å². The molecule has 3 nitrogen and oxygen atoms in total. The molecule has 1 unspecified atom stereocenters. The minimum absolute atomic E-state index is 0.0485. The average molecular weight is 264 g/mol. The fourth-order valence-corrected chi connectivity index (χ4v) is 2.23. The summed E-state index contributed by atoms with van der Waals surface area (Å²) in [4.78, 5) is 14.1. The lowest BCUT2D eigenvalue weighted by Crippen LogP contribution is -2.44. The van der Waals surface area contributed by atoms with Crippen LogP contribution < -0.4 is 5.73 Å². The number of nitrogens with zero attached hydrogens (tertiary/aromatic N) is 1. The number of hydrogen-bond acceptors (Lipinski definition) is 2. The van der Waals surface area contributed by atoms with Crippen LogP contribution in [0.4, 0.5) is 4.39 Å². The van der Waals surface area contributed by atoms with E-state index >= 15 is 0 Å². The predicted molar refractivity (Wildman–Crippen MR) is 72.9 cm³/mol. The van der Waals surface area contributed by atoms with Crippen LogP contribution in [0.25, 0.3) is 0 Å². The van der Waals surface area contributed by atoms with Crippen LogP contribution >= 0.6 is 0 Å². The van der Waals surface area contributed by atoms with Crippen LogP contribution in [-0.4, -0.2) is 22.9 Å². The molecule has 0 radical (unpaired) electrons. The van der Waals surface area contributed by atoms with Crippen molar-refractivity contribution in [2.45, 2.75) is 51.2 Å². The van der Waals surface area contributed by atoms with E-state index in [9.17, 15) is 9.18 Å². The summed E-state index contributed by atoms with van der Waals surface area (Å²) in [5, 5.41) is 0.